The molecule has 0 spiro atoms. The number of fused-ring (bicyclic) bond motifs is 1. The van der Waals surface area contributed by atoms with E-state index in [0.29, 0.717) is 12.5 Å². The molecule has 0 saturated carbocycles. The molecule has 1 aromatic carbocycles. The van der Waals surface area contributed by atoms with Gasteiger partial charge in [-0.25, -0.2) is 0 Å². The Bertz CT molecular complexity index is 761. The molecule has 1 amide bonds. The highest BCUT2D eigenvalue weighted by molar-refractivity contribution is 5.92. The van der Waals surface area contributed by atoms with Crippen molar-refractivity contribution in [1.82, 2.24) is 14.8 Å². The number of nitrogens with zero attached hydrogens (tertiary/aromatic N) is 4. The van der Waals surface area contributed by atoms with E-state index in [1.165, 1.54) is 16.6 Å². The van der Waals surface area contributed by atoms with Gasteiger partial charge in [-0.2, -0.15) is 0 Å². The summed E-state index contributed by atoms with van der Waals surface area (Å²) in [6, 6.07) is 8.55. The molecule has 2 saturated heterocycles. The maximum atomic E-state index is 12.3. The molecule has 0 unspecified atom stereocenters. The zero-order chi connectivity index (χ0) is 17.2. The van der Waals surface area contributed by atoms with Gasteiger partial charge in [-0.15, -0.1) is 0 Å². The standard InChI is InChI=1S/C20H26N4O/c1-16-4-5-18-17(14-16)19(6-7-21-18)23-12-10-22(11-13-23)15-20(25)24-8-2-3-9-24/h4-7,14H,2-3,8-13,15H2,1H3. The van der Waals surface area contributed by atoms with Crippen LogP contribution in [0.15, 0.2) is 30.5 Å². The van der Waals surface area contributed by atoms with Crippen LogP contribution in [0.3, 0.4) is 0 Å². The lowest BCUT2D eigenvalue weighted by Gasteiger charge is -2.36. The largest absolute Gasteiger partial charge is 0.368 e. The number of aromatic nitrogens is 1. The molecule has 0 atom stereocenters. The number of aryl methyl sites for hydroxylation is 1. The topological polar surface area (TPSA) is 39.7 Å². The number of hydrogen-bond acceptors (Lipinski definition) is 4. The summed E-state index contributed by atoms with van der Waals surface area (Å²) in [6.45, 7) is 8.38. The Kier molecular flexibility index (Phi) is 4.57. The van der Waals surface area contributed by atoms with Crippen LogP contribution in [0.2, 0.25) is 0 Å². The van der Waals surface area contributed by atoms with E-state index in [1.54, 1.807) is 0 Å². The number of hydrogen-bond donors (Lipinski definition) is 0. The molecule has 3 heterocycles. The number of benzene rings is 1. The number of likely N-dealkylation sites (tertiary alicyclic amines) is 1. The van der Waals surface area contributed by atoms with Gasteiger partial charge < -0.3 is 9.80 Å². The van der Waals surface area contributed by atoms with E-state index in [1.807, 2.05) is 11.1 Å². The van der Waals surface area contributed by atoms with Crippen LogP contribution in [0.1, 0.15) is 18.4 Å². The van der Waals surface area contributed by atoms with Crippen molar-refractivity contribution in [3.63, 3.8) is 0 Å². The van der Waals surface area contributed by atoms with Crippen LogP contribution < -0.4 is 4.90 Å². The maximum Gasteiger partial charge on any atom is 0.236 e. The van der Waals surface area contributed by atoms with Crippen molar-refractivity contribution in [2.75, 3.05) is 50.7 Å². The normalized spacial score (nSPS) is 18.9. The number of amides is 1. The fraction of sp³-hybridized carbons (Fsp3) is 0.500. The van der Waals surface area contributed by atoms with Crippen LogP contribution in [-0.4, -0.2) is 66.5 Å². The molecule has 4 rings (SSSR count). The van der Waals surface area contributed by atoms with Gasteiger partial charge in [0.2, 0.25) is 5.91 Å². The fourth-order valence-electron chi connectivity index (χ4n) is 3.93. The van der Waals surface area contributed by atoms with Crippen molar-refractivity contribution < 1.29 is 4.79 Å². The van der Waals surface area contributed by atoms with Crippen molar-refractivity contribution in [2.45, 2.75) is 19.8 Å². The molecule has 2 aromatic rings. The summed E-state index contributed by atoms with van der Waals surface area (Å²) >= 11 is 0. The minimum absolute atomic E-state index is 0.302. The fourth-order valence-corrected chi connectivity index (χ4v) is 3.93. The third-order valence-electron chi connectivity index (χ3n) is 5.40. The Morgan fingerprint density at radius 1 is 1.04 bits per heavy atom. The Morgan fingerprint density at radius 3 is 2.56 bits per heavy atom. The third-order valence-corrected chi connectivity index (χ3v) is 5.40. The Hall–Kier alpha value is -2.14. The molecule has 25 heavy (non-hydrogen) atoms. The molecule has 0 aliphatic carbocycles. The smallest absolute Gasteiger partial charge is 0.236 e. The highest BCUT2D eigenvalue weighted by Crippen LogP contribution is 2.27. The lowest BCUT2D eigenvalue weighted by molar-refractivity contribution is -0.131. The zero-order valence-corrected chi connectivity index (χ0v) is 14.9. The molecule has 2 fully saturated rings. The molecule has 2 aliphatic heterocycles. The van der Waals surface area contributed by atoms with Crippen molar-refractivity contribution >= 4 is 22.5 Å². The van der Waals surface area contributed by atoms with Crippen LogP contribution in [-0.2, 0) is 4.79 Å². The first kappa shape index (κ1) is 16.3. The number of carbonyl (C=O) groups is 1. The number of carbonyl (C=O) groups excluding carboxylic acids is 1. The second-order valence-corrected chi connectivity index (χ2v) is 7.20. The van der Waals surface area contributed by atoms with E-state index in [0.717, 1.165) is 57.6 Å². The van der Waals surface area contributed by atoms with Gasteiger partial charge >= 0.3 is 0 Å². The molecule has 132 valence electrons. The molecule has 0 N–H and O–H groups in total. The van der Waals surface area contributed by atoms with Crippen LogP contribution in [0, 0.1) is 6.92 Å². The molecular formula is C20H26N4O. The van der Waals surface area contributed by atoms with Gasteiger partial charge in [0.15, 0.2) is 0 Å². The van der Waals surface area contributed by atoms with Crippen molar-refractivity contribution in [3.8, 4) is 0 Å². The molecule has 5 heteroatoms. The summed E-state index contributed by atoms with van der Waals surface area (Å²) in [5.41, 5.74) is 3.57. The summed E-state index contributed by atoms with van der Waals surface area (Å²) in [5, 5.41) is 1.23. The Morgan fingerprint density at radius 2 is 1.80 bits per heavy atom. The minimum atomic E-state index is 0.302. The summed E-state index contributed by atoms with van der Waals surface area (Å²) < 4.78 is 0. The van der Waals surface area contributed by atoms with Crippen LogP contribution >= 0.6 is 0 Å². The van der Waals surface area contributed by atoms with E-state index in [-0.39, 0.29) is 0 Å². The average Bonchev–Trinajstić information content (AvgIpc) is 3.17. The van der Waals surface area contributed by atoms with E-state index >= 15 is 0 Å². The third kappa shape index (κ3) is 3.47. The van der Waals surface area contributed by atoms with Crippen molar-refractivity contribution in [3.05, 3.63) is 36.0 Å². The maximum absolute atomic E-state index is 12.3. The Balaban J connectivity index is 1.42. The number of piperazine rings is 1. The van der Waals surface area contributed by atoms with E-state index < -0.39 is 0 Å². The van der Waals surface area contributed by atoms with Crippen molar-refractivity contribution in [1.29, 1.82) is 0 Å². The van der Waals surface area contributed by atoms with Gasteiger partial charge in [-0.05, 0) is 38.0 Å². The second-order valence-electron chi connectivity index (χ2n) is 7.20. The highest BCUT2D eigenvalue weighted by atomic mass is 16.2. The molecule has 0 bridgehead atoms. The average molecular weight is 338 g/mol. The number of pyridine rings is 1. The van der Waals surface area contributed by atoms with Gasteiger partial charge in [-0.1, -0.05) is 11.6 Å². The summed E-state index contributed by atoms with van der Waals surface area (Å²) in [5.74, 6) is 0.302. The lowest BCUT2D eigenvalue weighted by atomic mass is 10.1. The minimum Gasteiger partial charge on any atom is -0.368 e. The monoisotopic (exact) mass is 338 g/mol. The molecule has 2 aliphatic rings. The van der Waals surface area contributed by atoms with Gasteiger partial charge in [-0.3, -0.25) is 14.7 Å². The number of anilines is 1. The summed E-state index contributed by atoms with van der Waals surface area (Å²) in [7, 11) is 0. The summed E-state index contributed by atoms with van der Waals surface area (Å²) in [4.78, 5) is 23.6. The van der Waals surface area contributed by atoms with Crippen LogP contribution in [0.5, 0.6) is 0 Å². The second kappa shape index (κ2) is 7.00. The van der Waals surface area contributed by atoms with Gasteiger partial charge in [0.1, 0.15) is 0 Å². The summed E-state index contributed by atoms with van der Waals surface area (Å²) in [6.07, 6.45) is 4.22. The first-order valence-electron chi connectivity index (χ1n) is 9.31. The first-order chi connectivity index (χ1) is 12.2. The molecular weight excluding hydrogens is 312 g/mol. The van der Waals surface area contributed by atoms with Gasteiger partial charge in [0.05, 0.1) is 12.1 Å². The predicted molar refractivity (Wildman–Crippen MR) is 101 cm³/mol. The molecule has 0 radical (unpaired) electrons. The molecule has 1 aromatic heterocycles. The van der Waals surface area contributed by atoms with E-state index in [2.05, 4.69) is 46.0 Å². The zero-order valence-electron chi connectivity index (χ0n) is 14.9. The SMILES string of the molecule is Cc1ccc2nccc(N3CCN(CC(=O)N4CCCC4)CC3)c2c1. The lowest BCUT2D eigenvalue weighted by Crippen LogP contribution is -2.49. The van der Waals surface area contributed by atoms with Gasteiger partial charge in [0.25, 0.3) is 0 Å². The quantitative estimate of drug-likeness (QED) is 0.861. The highest BCUT2D eigenvalue weighted by Gasteiger charge is 2.24. The molecule has 5 nitrogen and oxygen atoms in total. The van der Waals surface area contributed by atoms with Crippen LogP contribution in [0.4, 0.5) is 5.69 Å². The predicted octanol–water partition coefficient (Wildman–Crippen LogP) is 2.29. The Labute approximate surface area is 149 Å². The number of rotatable bonds is 3. The first-order valence-corrected chi connectivity index (χ1v) is 9.31. The van der Waals surface area contributed by atoms with E-state index in [9.17, 15) is 4.79 Å². The van der Waals surface area contributed by atoms with Gasteiger partial charge in [0, 0.05) is 56.5 Å². The van der Waals surface area contributed by atoms with Crippen molar-refractivity contribution in [2.24, 2.45) is 0 Å². The van der Waals surface area contributed by atoms with E-state index in [4.69, 9.17) is 0 Å². The van der Waals surface area contributed by atoms with Crippen LogP contribution in [0.25, 0.3) is 10.9 Å².